The van der Waals surface area contributed by atoms with Gasteiger partial charge in [0.1, 0.15) is 0 Å². The maximum atomic E-state index is 14.1. The summed E-state index contributed by atoms with van der Waals surface area (Å²) in [4.78, 5) is 27.7. The molecule has 0 saturated carbocycles. The van der Waals surface area contributed by atoms with Gasteiger partial charge in [0.15, 0.2) is 22.7 Å². The Labute approximate surface area is 190 Å². The fraction of sp³-hybridized carbons (Fsp3) is 0.143. The van der Waals surface area contributed by atoms with Crippen LogP contribution in [0.15, 0.2) is 84.4 Å². The number of benzene rings is 3. The normalized spacial score (nSPS) is 23.3. The minimum absolute atomic E-state index is 0.115. The number of rotatable bonds is 3. The van der Waals surface area contributed by atoms with Gasteiger partial charge in [-0.25, -0.2) is 0 Å². The molecule has 3 aromatic rings. The SMILES string of the molecule is COC(=O)[C@]12C(=O)c3cc4c(cc3[C@H]1C=C(c1ccccc1)C2=Cc1ccccc1)OCO4. The second-order valence-electron chi connectivity index (χ2n) is 8.31. The molecule has 162 valence electrons. The fourth-order valence-corrected chi connectivity index (χ4v) is 5.24. The van der Waals surface area contributed by atoms with Crippen molar-refractivity contribution < 1.29 is 23.8 Å². The number of esters is 1. The van der Waals surface area contributed by atoms with Crippen molar-refractivity contribution in [3.8, 4) is 11.5 Å². The number of ketones is 1. The highest BCUT2D eigenvalue weighted by molar-refractivity contribution is 6.25. The van der Waals surface area contributed by atoms with Crippen molar-refractivity contribution in [2.45, 2.75) is 5.92 Å². The Morgan fingerprint density at radius 1 is 1.00 bits per heavy atom. The number of ether oxygens (including phenoxy) is 3. The first-order chi connectivity index (χ1) is 16.1. The van der Waals surface area contributed by atoms with Crippen LogP contribution in [0.5, 0.6) is 11.5 Å². The smallest absolute Gasteiger partial charge is 0.325 e. The van der Waals surface area contributed by atoms with Crippen molar-refractivity contribution in [1.82, 2.24) is 0 Å². The lowest BCUT2D eigenvalue weighted by Crippen LogP contribution is -2.40. The van der Waals surface area contributed by atoms with E-state index in [1.807, 2.05) is 78.9 Å². The lowest BCUT2D eigenvalue weighted by Gasteiger charge is -2.28. The standard InChI is InChI=1S/C28H20O5/c1-31-27(30)28-22(12-17-8-4-2-5-9-17)19(18-10-6-3-7-11-18)13-23(28)20-14-24-25(33-16-32-24)15-21(20)26(28)29/h2-15,23H,16H2,1H3/t23-,28+/m1/s1. The number of methoxy groups -OCH3 is 1. The van der Waals surface area contributed by atoms with Gasteiger partial charge in [0.25, 0.3) is 0 Å². The summed E-state index contributed by atoms with van der Waals surface area (Å²) < 4.78 is 16.4. The zero-order valence-corrected chi connectivity index (χ0v) is 17.9. The molecule has 0 spiro atoms. The van der Waals surface area contributed by atoms with E-state index in [0.717, 1.165) is 22.3 Å². The average molecular weight is 436 g/mol. The Morgan fingerprint density at radius 2 is 1.67 bits per heavy atom. The van der Waals surface area contributed by atoms with E-state index in [1.54, 1.807) is 6.07 Å². The van der Waals surface area contributed by atoms with Gasteiger partial charge in [0.2, 0.25) is 6.79 Å². The summed E-state index contributed by atoms with van der Waals surface area (Å²) in [5.74, 6) is -0.260. The molecule has 33 heavy (non-hydrogen) atoms. The fourth-order valence-electron chi connectivity index (χ4n) is 5.24. The van der Waals surface area contributed by atoms with Crippen LogP contribution in [0.1, 0.15) is 33.0 Å². The highest BCUT2D eigenvalue weighted by Crippen LogP contribution is 2.63. The van der Waals surface area contributed by atoms with E-state index in [0.29, 0.717) is 22.6 Å². The monoisotopic (exact) mass is 436 g/mol. The van der Waals surface area contributed by atoms with Crippen LogP contribution in [-0.4, -0.2) is 25.7 Å². The summed E-state index contributed by atoms with van der Waals surface area (Å²) in [6, 6.07) is 23.0. The molecule has 2 atom stereocenters. The van der Waals surface area contributed by atoms with Crippen molar-refractivity contribution in [1.29, 1.82) is 0 Å². The summed E-state index contributed by atoms with van der Waals surface area (Å²) in [7, 11) is 1.33. The first-order valence-electron chi connectivity index (χ1n) is 10.8. The van der Waals surface area contributed by atoms with Crippen LogP contribution in [0.4, 0.5) is 0 Å². The third kappa shape index (κ3) is 2.65. The van der Waals surface area contributed by atoms with E-state index >= 15 is 0 Å². The van der Waals surface area contributed by atoms with Gasteiger partial charge in [-0.2, -0.15) is 0 Å². The molecule has 0 N–H and O–H groups in total. The quantitative estimate of drug-likeness (QED) is 0.425. The number of fused-ring (bicyclic) bond motifs is 4. The lowest BCUT2D eigenvalue weighted by molar-refractivity contribution is -0.147. The topological polar surface area (TPSA) is 61.8 Å². The van der Waals surface area contributed by atoms with E-state index in [1.165, 1.54) is 7.11 Å². The van der Waals surface area contributed by atoms with Gasteiger partial charge in [-0.1, -0.05) is 66.7 Å². The number of hydrogen-bond donors (Lipinski definition) is 0. The molecule has 3 aromatic carbocycles. The van der Waals surface area contributed by atoms with Crippen molar-refractivity contribution in [2.75, 3.05) is 13.9 Å². The molecule has 0 aromatic heterocycles. The summed E-state index contributed by atoms with van der Waals surface area (Å²) in [5, 5.41) is 0. The Morgan fingerprint density at radius 3 is 2.36 bits per heavy atom. The molecule has 2 aliphatic carbocycles. The molecule has 0 radical (unpaired) electrons. The van der Waals surface area contributed by atoms with Gasteiger partial charge in [-0.15, -0.1) is 0 Å². The Kier molecular flexibility index (Phi) is 4.27. The molecule has 0 fully saturated rings. The van der Waals surface area contributed by atoms with Gasteiger partial charge in [-0.3, -0.25) is 9.59 Å². The van der Waals surface area contributed by atoms with Crippen LogP contribution in [-0.2, 0) is 9.53 Å². The number of allylic oxidation sites excluding steroid dienone is 2. The zero-order valence-electron chi connectivity index (χ0n) is 17.9. The molecule has 6 rings (SSSR count). The van der Waals surface area contributed by atoms with Crippen LogP contribution in [0.2, 0.25) is 0 Å². The highest BCUT2D eigenvalue weighted by Gasteiger charge is 2.64. The molecule has 0 saturated heterocycles. The number of carbonyl (C=O) groups is 2. The Balaban J connectivity index is 1.65. The third-order valence-electron chi connectivity index (χ3n) is 6.70. The lowest BCUT2D eigenvalue weighted by atomic mass is 9.72. The molecule has 3 aliphatic rings. The van der Waals surface area contributed by atoms with Crippen LogP contribution >= 0.6 is 0 Å². The molecule has 5 nitrogen and oxygen atoms in total. The third-order valence-corrected chi connectivity index (χ3v) is 6.70. The van der Waals surface area contributed by atoms with Crippen molar-refractivity contribution in [2.24, 2.45) is 5.41 Å². The molecule has 5 heteroatoms. The molecular weight excluding hydrogens is 416 g/mol. The molecule has 0 unspecified atom stereocenters. The molecule has 1 heterocycles. The zero-order chi connectivity index (χ0) is 22.6. The van der Waals surface area contributed by atoms with E-state index in [-0.39, 0.29) is 12.6 Å². The number of hydrogen-bond acceptors (Lipinski definition) is 5. The molecule has 0 amide bonds. The first kappa shape index (κ1) is 19.6. The van der Waals surface area contributed by atoms with Crippen LogP contribution in [0.25, 0.3) is 11.6 Å². The minimum Gasteiger partial charge on any atom is -0.468 e. The van der Waals surface area contributed by atoms with Crippen LogP contribution in [0, 0.1) is 5.41 Å². The first-order valence-corrected chi connectivity index (χ1v) is 10.8. The van der Waals surface area contributed by atoms with Crippen LogP contribution in [0.3, 0.4) is 0 Å². The van der Waals surface area contributed by atoms with E-state index in [9.17, 15) is 9.59 Å². The summed E-state index contributed by atoms with van der Waals surface area (Å²) in [6.45, 7) is 0.115. The molecular formula is C28H20O5. The average Bonchev–Trinajstić information content (AvgIpc) is 3.51. The molecule has 0 bridgehead atoms. The minimum atomic E-state index is -1.51. The van der Waals surface area contributed by atoms with Crippen LogP contribution < -0.4 is 9.47 Å². The second kappa shape index (κ2) is 7.20. The largest absolute Gasteiger partial charge is 0.468 e. The number of Topliss-reactive ketones (excluding diaryl/α,β-unsaturated/α-hetero) is 1. The maximum Gasteiger partial charge on any atom is 0.325 e. The predicted molar refractivity (Wildman–Crippen MR) is 123 cm³/mol. The summed E-state index contributed by atoms with van der Waals surface area (Å²) in [6.07, 6.45) is 3.95. The van der Waals surface area contributed by atoms with E-state index in [4.69, 9.17) is 14.2 Å². The summed E-state index contributed by atoms with van der Waals surface area (Å²) in [5.41, 5.74) is 3.04. The van der Waals surface area contributed by atoms with Gasteiger partial charge < -0.3 is 14.2 Å². The van der Waals surface area contributed by atoms with Gasteiger partial charge >= 0.3 is 5.97 Å². The van der Waals surface area contributed by atoms with Crippen molar-refractivity contribution in [3.05, 3.63) is 107 Å². The van der Waals surface area contributed by atoms with Gasteiger partial charge in [-0.05, 0) is 46.0 Å². The maximum absolute atomic E-state index is 14.1. The van der Waals surface area contributed by atoms with Gasteiger partial charge in [0.05, 0.1) is 7.11 Å². The second-order valence-corrected chi connectivity index (χ2v) is 8.31. The van der Waals surface area contributed by atoms with E-state index in [2.05, 4.69) is 0 Å². The van der Waals surface area contributed by atoms with Crippen molar-refractivity contribution >= 4 is 23.4 Å². The summed E-state index contributed by atoms with van der Waals surface area (Å²) >= 11 is 0. The number of carbonyl (C=O) groups excluding carboxylic acids is 2. The van der Waals surface area contributed by atoms with E-state index < -0.39 is 17.3 Å². The Bertz CT molecular complexity index is 1350. The molecule has 1 aliphatic heterocycles. The predicted octanol–water partition coefficient (Wildman–Crippen LogP) is 5.04. The van der Waals surface area contributed by atoms with Gasteiger partial charge in [0, 0.05) is 11.5 Å². The highest BCUT2D eigenvalue weighted by atomic mass is 16.7. The van der Waals surface area contributed by atoms with Crippen molar-refractivity contribution in [3.63, 3.8) is 0 Å². The Hall–Kier alpha value is -4.12.